The predicted molar refractivity (Wildman–Crippen MR) is 109 cm³/mol. The minimum atomic E-state index is -3.77. The molecule has 0 bridgehead atoms. The van der Waals surface area contributed by atoms with Crippen LogP contribution in [0.15, 0.2) is 35.2 Å². The molecule has 1 atom stereocenters. The van der Waals surface area contributed by atoms with Crippen LogP contribution in [0.25, 0.3) is 0 Å². The van der Waals surface area contributed by atoms with Crippen molar-refractivity contribution < 1.29 is 13.2 Å². The largest absolute Gasteiger partial charge is 0.354 e. The number of hydrogen-bond donors (Lipinski definition) is 3. The van der Waals surface area contributed by atoms with Gasteiger partial charge in [0.1, 0.15) is 11.9 Å². The summed E-state index contributed by atoms with van der Waals surface area (Å²) in [6.07, 6.45) is 2.78. The third-order valence-electron chi connectivity index (χ3n) is 3.90. The molecule has 0 aliphatic rings. The first-order valence-corrected chi connectivity index (χ1v) is 11.6. The maximum atomic E-state index is 12.5. The Kier molecular flexibility index (Phi) is 8.02. The fourth-order valence-corrected chi connectivity index (χ4v) is 4.23. The van der Waals surface area contributed by atoms with Gasteiger partial charge in [-0.3, -0.25) is 9.89 Å². The van der Waals surface area contributed by atoms with Gasteiger partial charge in [0.2, 0.25) is 15.9 Å². The quantitative estimate of drug-likeness (QED) is 0.490. The van der Waals surface area contributed by atoms with E-state index in [1.165, 1.54) is 12.1 Å². The molecule has 0 saturated carbocycles. The van der Waals surface area contributed by atoms with Crippen LogP contribution in [0.5, 0.6) is 0 Å². The Bertz CT molecular complexity index is 909. The molecule has 1 aromatic carbocycles. The summed E-state index contributed by atoms with van der Waals surface area (Å²) in [6.45, 7) is 0.329. The maximum absolute atomic E-state index is 12.5. The van der Waals surface area contributed by atoms with Gasteiger partial charge in [-0.05, 0) is 42.8 Å². The molecular weight excluding hydrogens is 406 g/mol. The molecule has 148 valence electrons. The number of carbonyl (C=O) groups is 1. The predicted octanol–water partition coefficient (Wildman–Crippen LogP) is 1.24. The van der Waals surface area contributed by atoms with Crippen molar-refractivity contribution >= 4 is 39.9 Å². The highest BCUT2D eigenvalue weighted by Crippen LogP contribution is 2.10. The van der Waals surface area contributed by atoms with Gasteiger partial charge in [0.15, 0.2) is 4.77 Å². The average Bonchev–Trinajstić information content (AvgIpc) is 2.98. The highest BCUT2D eigenvalue weighted by Gasteiger charge is 2.25. The number of hydrogen-bond acceptors (Lipinski definition) is 6. The number of nitrogens with zero attached hydrogens (tertiary/aromatic N) is 2. The van der Waals surface area contributed by atoms with E-state index >= 15 is 0 Å². The molecule has 3 N–H and O–H groups in total. The topological polar surface area (TPSA) is 109 Å². The van der Waals surface area contributed by atoms with Crippen molar-refractivity contribution in [1.82, 2.24) is 24.8 Å². The maximum Gasteiger partial charge on any atom is 0.241 e. The van der Waals surface area contributed by atoms with E-state index in [4.69, 9.17) is 12.2 Å². The van der Waals surface area contributed by atoms with Gasteiger partial charge in [-0.1, -0.05) is 18.2 Å². The summed E-state index contributed by atoms with van der Waals surface area (Å²) < 4.78 is 29.8. The van der Waals surface area contributed by atoms with Crippen molar-refractivity contribution in [2.75, 3.05) is 18.6 Å². The van der Waals surface area contributed by atoms with Crippen LogP contribution in [0.4, 0.5) is 0 Å². The fraction of sp³-hybridized carbons (Fsp3) is 0.438. The van der Waals surface area contributed by atoms with Crippen LogP contribution in [0, 0.1) is 4.77 Å². The second kappa shape index (κ2) is 10.0. The first-order chi connectivity index (χ1) is 12.8. The van der Waals surface area contributed by atoms with Crippen LogP contribution in [-0.2, 0) is 28.3 Å². The smallest absolute Gasteiger partial charge is 0.241 e. The van der Waals surface area contributed by atoms with E-state index in [1.807, 2.05) is 6.26 Å². The number of sulfonamides is 1. The van der Waals surface area contributed by atoms with Crippen LogP contribution in [0.2, 0.25) is 0 Å². The van der Waals surface area contributed by atoms with Gasteiger partial charge in [0.25, 0.3) is 0 Å². The van der Waals surface area contributed by atoms with Gasteiger partial charge in [-0.15, -0.1) is 0 Å². The van der Waals surface area contributed by atoms with Gasteiger partial charge in [0.05, 0.1) is 4.90 Å². The minimum absolute atomic E-state index is 0.133. The number of H-pyrrole nitrogens is 1. The zero-order chi connectivity index (χ0) is 19.9. The number of thioether (sulfide) groups is 1. The number of nitrogens with one attached hydrogen (secondary N) is 3. The Morgan fingerprint density at radius 1 is 1.37 bits per heavy atom. The van der Waals surface area contributed by atoms with Crippen molar-refractivity contribution in [2.45, 2.75) is 23.8 Å². The lowest BCUT2D eigenvalue weighted by molar-refractivity contribution is -0.122. The zero-order valence-electron chi connectivity index (χ0n) is 15.1. The van der Waals surface area contributed by atoms with Crippen molar-refractivity contribution in [2.24, 2.45) is 7.05 Å². The first kappa shape index (κ1) is 21.6. The van der Waals surface area contributed by atoms with E-state index in [2.05, 4.69) is 20.2 Å². The summed E-state index contributed by atoms with van der Waals surface area (Å²) in [5.41, 5.74) is 0. The van der Waals surface area contributed by atoms with E-state index in [0.717, 1.165) is 0 Å². The monoisotopic (exact) mass is 429 g/mol. The SMILES string of the molecule is CSCCC(NS(=O)(=O)c1ccccc1)C(=O)NCCc1n[nH]c(=S)n1C. The van der Waals surface area contributed by atoms with Crippen LogP contribution in [0.1, 0.15) is 12.2 Å². The molecule has 1 amide bonds. The number of carbonyl (C=O) groups excluding carboxylic acids is 1. The number of benzene rings is 1. The highest BCUT2D eigenvalue weighted by atomic mass is 32.2. The number of aromatic amines is 1. The molecule has 8 nitrogen and oxygen atoms in total. The van der Waals surface area contributed by atoms with Gasteiger partial charge in [-0.25, -0.2) is 8.42 Å². The molecule has 1 aromatic heterocycles. The van der Waals surface area contributed by atoms with Gasteiger partial charge < -0.3 is 9.88 Å². The van der Waals surface area contributed by atoms with Crippen molar-refractivity contribution in [3.05, 3.63) is 40.9 Å². The number of aromatic nitrogens is 3. The van der Waals surface area contributed by atoms with E-state index < -0.39 is 16.1 Å². The zero-order valence-corrected chi connectivity index (χ0v) is 17.6. The third kappa shape index (κ3) is 6.16. The molecule has 0 spiro atoms. The van der Waals surface area contributed by atoms with Crippen LogP contribution in [0.3, 0.4) is 0 Å². The summed E-state index contributed by atoms with van der Waals surface area (Å²) >= 11 is 6.60. The fourth-order valence-electron chi connectivity index (χ4n) is 2.36. The van der Waals surface area contributed by atoms with E-state index in [-0.39, 0.29) is 10.8 Å². The first-order valence-electron chi connectivity index (χ1n) is 8.29. The van der Waals surface area contributed by atoms with Crippen molar-refractivity contribution in [3.63, 3.8) is 0 Å². The minimum Gasteiger partial charge on any atom is -0.354 e. The van der Waals surface area contributed by atoms with E-state index in [1.54, 1.807) is 41.6 Å². The molecule has 0 radical (unpaired) electrons. The Morgan fingerprint density at radius 3 is 2.67 bits per heavy atom. The molecule has 1 heterocycles. The van der Waals surface area contributed by atoms with Gasteiger partial charge >= 0.3 is 0 Å². The highest BCUT2D eigenvalue weighted by molar-refractivity contribution is 7.98. The van der Waals surface area contributed by atoms with Crippen LogP contribution in [-0.4, -0.2) is 53.7 Å². The molecule has 11 heteroatoms. The second-order valence-electron chi connectivity index (χ2n) is 5.81. The molecule has 0 aliphatic heterocycles. The van der Waals surface area contributed by atoms with Gasteiger partial charge in [-0.2, -0.15) is 21.6 Å². The Hall–Kier alpha value is -1.69. The summed E-state index contributed by atoms with van der Waals surface area (Å²) in [4.78, 5) is 12.7. The Labute approximate surface area is 168 Å². The lowest BCUT2D eigenvalue weighted by Crippen LogP contribution is -2.47. The normalized spacial score (nSPS) is 12.7. The van der Waals surface area contributed by atoms with Crippen LogP contribution >= 0.6 is 24.0 Å². The number of rotatable bonds is 10. The summed E-state index contributed by atoms with van der Waals surface area (Å²) in [7, 11) is -1.98. The average molecular weight is 430 g/mol. The molecule has 2 rings (SSSR count). The molecule has 0 aliphatic carbocycles. The van der Waals surface area contributed by atoms with Crippen LogP contribution < -0.4 is 10.0 Å². The Morgan fingerprint density at radius 2 is 2.07 bits per heavy atom. The standard InChI is InChI=1S/C16H23N5O3S3/c1-21-14(18-19-16(21)25)8-10-17-15(22)13(9-11-26-2)20-27(23,24)12-6-4-3-5-7-12/h3-7,13,20H,8-11H2,1-2H3,(H,17,22)(H,19,25). The summed E-state index contributed by atoms with van der Waals surface area (Å²) in [6, 6.07) is 7.17. The molecule has 2 aromatic rings. The van der Waals surface area contributed by atoms with Crippen molar-refractivity contribution in [1.29, 1.82) is 0 Å². The van der Waals surface area contributed by atoms with E-state index in [0.29, 0.717) is 35.7 Å². The molecule has 0 fully saturated rings. The molecule has 0 saturated heterocycles. The summed E-state index contributed by atoms with van der Waals surface area (Å²) in [5.74, 6) is 1.01. The van der Waals surface area contributed by atoms with Crippen molar-refractivity contribution in [3.8, 4) is 0 Å². The molecule has 1 unspecified atom stereocenters. The summed E-state index contributed by atoms with van der Waals surface area (Å²) in [5, 5.41) is 9.54. The van der Waals surface area contributed by atoms with Gasteiger partial charge in [0, 0.05) is 20.0 Å². The number of amides is 1. The third-order valence-corrected chi connectivity index (χ3v) is 6.39. The lowest BCUT2D eigenvalue weighted by Gasteiger charge is -2.18. The lowest BCUT2D eigenvalue weighted by atomic mass is 10.2. The second-order valence-corrected chi connectivity index (χ2v) is 8.90. The molecular formula is C16H23N5O3S3. The molecule has 27 heavy (non-hydrogen) atoms. The Balaban J connectivity index is 2.00. The van der Waals surface area contributed by atoms with E-state index in [9.17, 15) is 13.2 Å².